The topological polar surface area (TPSA) is 58.2 Å². The number of benzene rings is 2. The van der Waals surface area contributed by atoms with Gasteiger partial charge in [-0.05, 0) is 54.8 Å². The number of hydrogen-bond donors (Lipinski definition) is 2. The summed E-state index contributed by atoms with van der Waals surface area (Å²) in [4.78, 5) is 24.4. The monoisotopic (exact) mass is 356 g/mol. The largest absolute Gasteiger partial charge is 0.326 e. The highest BCUT2D eigenvalue weighted by Crippen LogP contribution is 2.26. The van der Waals surface area contributed by atoms with Gasteiger partial charge in [-0.2, -0.15) is 0 Å². The number of nitrogens with one attached hydrogen (secondary N) is 2. The molecule has 0 bridgehead atoms. The minimum absolute atomic E-state index is 0.0340. The van der Waals surface area contributed by atoms with Gasteiger partial charge in [-0.15, -0.1) is 11.8 Å². The van der Waals surface area contributed by atoms with Gasteiger partial charge < -0.3 is 10.6 Å². The molecular weight excluding hydrogens is 332 g/mol. The van der Waals surface area contributed by atoms with Crippen LogP contribution in [0.1, 0.15) is 39.2 Å². The van der Waals surface area contributed by atoms with Gasteiger partial charge in [-0.25, -0.2) is 0 Å². The molecule has 0 unspecified atom stereocenters. The van der Waals surface area contributed by atoms with E-state index in [1.165, 1.54) is 24.2 Å². The van der Waals surface area contributed by atoms with Crippen LogP contribution in [-0.2, 0) is 9.59 Å². The normalized spacial score (nSPS) is 11.9. The Morgan fingerprint density at radius 1 is 0.840 bits per heavy atom. The molecule has 2 aromatic rings. The van der Waals surface area contributed by atoms with Crippen LogP contribution in [0.4, 0.5) is 11.4 Å². The summed E-state index contributed by atoms with van der Waals surface area (Å²) in [5.41, 5.74) is 2.81. The molecule has 2 rings (SSSR count). The Bertz CT molecular complexity index is 724. The molecule has 1 atom stereocenters. The minimum atomic E-state index is -0.226. The fourth-order valence-electron chi connectivity index (χ4n) is 2.27. The van der Waals surface area contributed by atoms with E-state index in [2.05, 4.69) is 24.5 Å². The quantitative estimate of drug-likeness (QED) is 0.725. The predicted octanol–water partition coefficient (Wildman–Crippen LogP) is 4.89. The highest BCUT2D eigenvalue weighted by molar-refractivity contribution is 8.00. The van der Waals surface area contributed by atoms with E-state index in [1.807, 2.05) is 55.5 Å². The molecule has 0 saturated heterocycles. The average Bonchev–Trinajstić information content (AvgIpc) is 2.56. The van der Waals surface area contributed by atoms with Crippen LogP contribution in [0.2, 0.25) is 0 Å². The zero-order valence-electron chi connectivity index (χ0n) is 15.0. The maximum atomic E-state index is 12.4. The van der Waals surface area contributed by atoms with E-state index in [4.69, 9.17) is 0 Å². The fourth-order valence-corrected chi connectivity index (χ4v) is 3.14. The summed E-state index contributed by atoms with van der Waals surface area (Å²) < 4.78 is 0. The van der Waals surface area contributed by atoms with Crippen LogP contribution in [0.25, 0.3) is 0 Å². The van der Waals surface area contributed by atoms with Crippen molar-refractivity contribution in [2.45, 2.75) is 43.8 Å². The minimum Gasteiger partial charge on any atom is -0.326 e. The van der Waals surface area contributed by atoms with Gasteiger partial charge in [0.05, 0.1) is 5.25 Å². The van der Waals surface area contributed by atoms with Gasteiger partial charge >= 0.3 is 0 Å². The molecule has 0 saturated carbocycles. The van der Waals surface area contributed by atoms with Crippen LogP contribution in [0.15, 0.2) is 53.4 Å². The zero-order valence-corrected chi connectivity index (χ0v) is 15.8. The standard InChI is InChI=1S/C20H24N2O2S/c1-13(2)16-5-7-18(8-6-16)22-20(24)14(3)25-19-11-9-17(10-12-19)21-15(4)23/h5-14H,1-4H3,(H,21,23)(H,22,24)/t14-/m0/s1. The van der Waals surface area contributed by atoms with Crippen LogP contribution in [0, 0.1) is 0 Å². The maximum absolute atomic E-state index is 12.4. The highest BCUT2D eigenvalue weighted by Gasteiger charge is 2.14. The lowest BCUT2D eigenvalue weighted by Gasteiger charge is -2.13. The SMILES string of the molecule is CC(=O)Nc1ccc(S[C@@H](C)C(=O)Nc2ccc(C(C)C)cc2)cc1. The average molecular weight is 356 g/mol. The molecule has 0 radical (unpaired) electrons. The Labute approximate surface area is 153 Å². The lowest BCUT2D eigenvalue weighted by molar-refractivity contribution is -0.115. The second kappa shape index (κ2) is 8.72. The first-order valence-corrected chi connectivity index (χ1v) is 9.18. The number of carbonyl (C=O) groups is 2. The van der Waals surface area contributed by atoms with Crippen molar-refractivity contribution in [1.29, 1.82) is 0 Å². The molecule has 0 aromatic heterocycles. The third kappa shape index (κ3) is 5.94. The van der Waals surface area contributed by atoms with Crippen molar-refractivity contribution in [3.05, 3.63) is 54.1 Å². The number of carbonyl (C=O) groups excluding carboxylic acids is 2. The Morgan fingerprint density at radius 3 is 1.88 bits per heavy atom. The molecular formula is C20H24N2O2S. The van der Waals surface area contributed by atoms with Gasteiger partial charge in [-0.1, -0.05) is 26.0 Å². The lowest BCUT2D eigenvalue weighted by Crippen LogP contribution is -2.22. The van der Waals surface area contributed by atoms with Crippen molar-refractivity contribution in [2.75, 3.05) is 10.6 Å². The summed E-state index contributed by atoms with van der Waals surface area (Å²) >= 11 is 1.48. The van der Waals surface area contributed by atoms with Crippen LogP contribution in [-0.4, -0.2) is 17.1 Å². The van der Waals surface area contributed by atoms with E-state index >= 15 is 0 Å². The first-order valence-electron chi connectivity index (χ1n) is 8.30. The van der Waals surface area contributed by atoms with Crippen molar-refractivity contribution >= 4 is 35.0 Å². The Kier molecular flexibility index (Phi) is 6.65. The number of amides is 2. The van der Waals surface area contributed by atoms with Crippen molar-refractivity contribution in [3.8, 4) is 0 Å². The van der Waals surface area contributed by atoms with Crippen molar-refractivity contribution in [2.24, 2.45) is 0 Å². The molecule has 132 valence electrons. The molecule has 2 amide bonds. The van der Waals surface area contributed by atoms with Crippen LogP contribution >= 0.6 is 11.8 Å². The van der Waals surface area contributed by atoms with Gasteiger partial charge in [0, 0.05) is 23.2 Å². The van der Waals surface area contributed by atoms with E-state index in [0.29, 0.717) is 5.92 Å². The first-order chi connectivity index (χ1) is 11.8. The van der Waals surface area contributed by atoms with Crippen molar-refractivity contribution in [1.82, 2.24) is 0 Å². The highest BCUT2D eigenvalue weighted by atomic mass is 32.2. The molecule has 0 aliphatic carbocycles. The molecule has 0 aliphatic heterocycles. The van der Waals surface area contributed by atoms with E-state index in [-0.39, 0.29) is 17.1 Å². The van der Waals surface area contributed by atoms with Gasteiger partial charge in [0.1, 0.15) is 0 Å². The van der Waals surface area contributed by atoms with Crippen LogP contribution in [0.5, 0.6) is 0 Å². The molecule has 0 spiro atoms. The Balaban J connectivity index is 1.92. The molecule has 0 aliphatic rings. The van der Waals surface area contributed by atoms with Crippen LogP contribution < -0.4 is 10.6 Å². The molecule has 4 nitrogen and oxygen atoms in total. The third-order valence-electron chi connectivity index (χ3n) is 3.70. The molecule has 5 heteroatoms. The molecule has 25 heavy (non-hydrogen) atoms. The Hall–Kier alpha value is -2.27. The van der Waals surface area contributed by atoms with Crippen LogP contribution in [0.3, 0.4) is 0 Å². The summed E-state index contributed by atoms with van der Waals surface area (Å²) in [6.45, 7) is 7.64. The summed E-state index contributed by atoms with van der Waals surface area (Å²) in [7, 11) is 0. The van der Waals surface area contributed by atoms with E-state index in [9.17, 15) is 9.59 Å². The van der Waals surface area contributed by atoms with Crippen molar-refractivity contribution < 1.29 is 9.59 Å². The van der Waals surface area contributed by atoms with Crippen molar-refractivity contribution in [3.63, 3.8) is 0 Å². The summed E-state index contributed by atoms with van der Waals surface area (Å²) in [6.07, 6.45) is 0. The molecule has 0 fully saturated rings. The number of rotatable bonds is 6. The number of thioether (sulfide) groups is 1. The van der Waals surface area contributed by atoms with E-state index in [0.717, 1.165) is 16.3 Å². The van der Waals surface area contributed by atoms with Gasteiger partial charge in [0.25, 0.3) is 0 Å². The first kappa shape index (κ1) is 19.1. The molecule has 2 N–H and O–H groups in total. The van der Waals surface area contributed by atoms with Gasteiger partial charge in [-0.3, -0.25) is 9.59 Å². The number of hydrogen-bond acceptors (Lipinski definition) is 3. The smallest absolute Gasteiger partial charge is 0.237 e. The zero-order chi connectivity index (χ0) is 18.4. The summed E-state index contributed by atoms with van der Waals surface area (Å²) in [6, 6.07) is 15.4. The molecule has 0 heterocycles. The Morgan fingerprint density at radius 2 is 1.36 bits per heavy atom. The lowest BCUT2D eigenvalue weighted by atomic mass is 10.0. The third-order valence-corrected chi connectivity index (χ3v) is 4.81. The van der Waals surface area contributed by atoms with Gasteiger partial charge in [0.15, 0.2) is 0 Å². The predicted molar refractivity (Wildman–Crippen MR) is 105 cm³/mol. The summed E-state index contributed by atoms with van der Waals surface area (Å²) in [5.74, 6) is 0.338. The molecule has 2 aromatic carbocycles. The number of anilines is 2. The van der Waals surface area contributed by atoms with E-state index < -0.39 is 0 Å². The second-order valence-corrected chi connectivity index (χ2v) is 7.65. The maximum Gasteiger partial charge on any atom is 0.237 e. The summed E-state index contributed by atoms with van der Waals surface area (Å²) in [5, 5.41) is 5.45. The fraction of sp³-hybridized carbons (Fsp3) is 0.300. The van der Waals surface area contributed by atoms with Gasteiger partial charge in [0.2, 0.25) is 11.8 Å². The van der Waals surface area contributed by atoms with E-state index in [1.54, 1.807) is 0 Å². The second-order valence-electron chi connectivity index (χ2n) is 6.23.